The molecule has 234 valence electrons. The van der Waals surface area contributed by atoms with Crippen LogP contribution in [0.5, 0.6) is 0 Å². The van der Waals surface area contributed by atoms with Gasteiger partial charge in [0, 0.05) is 19.1 Å². The molecule has 7 rings (SSSR count). The third-order valence-corrected chi connectivity index (χ3v) is 12.1. The van der Waals surface area contributed by atoms with Crippen molar-refractivity contribution in [3.8, 4) is 5.69 Å². The van der Waals surface area contributed by atoms with Crippen LogP contribution in [0.1, 0.15) is 43.5 Å². The summed E-state index contributed by atoms with van der Waals surface area (Å²) < 4.78 is 76.9. The Kier molecular flexibility index (Phi) is 7.46. The van der Waals surface area contributed by atoms with Crippen molar-refractivity contribution < 1.29 is 22.3 Å². The van der Waals surface area contributed by atoms with Crippen LogP contribution in [0.2, 0.25) is 0 Å². The molecule has 12 heteroatoms. The van der Waals surface area contributed by atoms with E-state index < -0.39 is 24.9 Å². The van der Waals surface area contributed by atoms with Gasteiger partial charge in [-0.2, -0.15) is 18.3 Å². The number of aryl methyl sites for hydroxylation is 1. The summed E-state index contributed by atoms with van der Waals surface area (Å²) in [4.78, 5) is 5.15. The van der Waals surface area contributed by atoms with Crippen LogP contribution < -0.4 is 5.30 Å². The molecule has 7 nitrogen and oxygen atoms in total. The molecule has 1 aromatic heterocycles. The van der Waals surface area contributed by atoms with E-state index in [4.69, 9.17) is 19.6 Å². The maximum absolute atomic E-state index is 15.8. The number of aromatic nitrogens is 2. The molecule has 45 heavy (non-hydrogen) atoms. The molecule has 3 aliphatic rings. The lowest BCUT2D eigenvalue weighted by Crippen LogP contribution is -2.51. The Morgan fingerprint density at radius 2 is 1.53 bits per heavy atom. The second kappa shape index (κ2) is 11.2. The molecule has 2 aliphatic heterocycles. The SMILES string of the molecule is Cc1nn(-c2ccccc2)c2c1[P@](=Nc1ccccc1C(F)(F)F)(N1C[C@@H](C)O[C@@H](C)C1)N(C1CC1)C(c1ccccc1F)=N2. The van der Waals surface area contributed by atoms with E-state index in [0.29, 0.717) is 35.7 Å². The second-order valence-corrected chi connectivity index (χ2v) is 14.6. The summed E-state index contributed by atoms with van der Waals surface area (Å²) in [5.74, 6) is 0.334. The van der Waals surface area contributed by atoms with Gasteiger partial charge >= 0.3 is 6.18 Å². The number of fused-ring (bicyclic) bond motifs is 1. The average Bonchev–Trinajstić information content (AvgIpc) is 3.78. The van der Waals surface area contributed by atoms with Crippen molar-refractivity contribution in [1.82, 2.24) is 19.1 Å². The number of rotatable bonds is 5. The lowest BCUT2D eigenvalue weighted by Gasteiger charge is -2.50. The Bertz CT molecular complexity index is 1820. The summed E-state index contributed by atoms with van der Waals surface area (Å²) >= 11 is 0. The highest BCUT2D eigenvalue weighted by molar-refractivity contribution is 7.70. The standard InChI is InChI=1S/C33H33F4N6OP/c1-21-19-41(20-22(2)44-21)45(40-29-16-10-8-14-27(29)33(35,36)37)30-23(3)39-42(24-11-5-4-6-12-24)32(30)38-31(43(45)25-17-18-25)26-13-7-9-15-28(26)34/h4-16,21-22,25H,17-20H2,1-3H3/t21-,22+,45-/m0/s1. The first kappa shape index (κ1) is 29.9. The van der Waals surface area contributed by atoms with Crippen LogP contribution in [-0.2, 0) is 10.9 Å². The van der Waals surface area contributed by atoms with E-state index in [0.717, 1.165) is 24.6 Å². The average molecular weight is 637 g/mol. The van der Waals surface area contributed by atoms with E-state index in [1.807, 2.05) is 51.1 Å². The lowest BCUT2D eigenvalue weighted by atomic mass is 10.2. The third kappa shape index (κ3) is 5.20. The van der Waals surface area contributed by atoms with Crippen LogP contribution in [0.4, 0.5) is 29.1 Å². The first-order chi connectivity index (χ1) is 21.6. The van der Waals surface area contributed by atoms with Crippen molar-refractivity contribution in [2.45, 2.75) is 58.0 Å². The molecule has 0 unspecified atom stereocenters. The molecule has 0 N–H and O–H groups in total. The zero-order valence-corrected chi connectivity index (χ0v) is 26.0. The highest BCUT2D eigenvalue weighted by Crippen LogP contribution is 2.66. The Balaban J connectivity index is 1.65. The molecule has 2 fully saturated rings. The van der Waals surface area contributed by atoms with Crippen molar-refractivity contribution in [3.63, 3.8) is 0 Å². The minimum absolute atomic E-state index is 0.0976. The van der Waals surface area contributed by atoms with Crippen molar-refractivity contribution in [1.29, 1.82) is 0 Å². The topological polar surface area (TPSA) is 58.3 Å². The predicted octanol–water partition coefficient (Wildman–Crippen LogP) is 7.99. The monoisotopic (exact) mass is 636 g/mol. The highest BCUT2D eigenvalue weighted by Gasteiger charge is 2.53. The summed E-state index contributed by atoms with van der Waals surface area (Å²) in [6, 6.07) is 21.2. The molecule has 3 aromatic carbocycles. The maximum atomic E-state index is 15.8. The zero-order valence-electron chi connectivity index (χ0n) is 25.1. The van der Waals surface area contributed by atoms with E-state index in [2.05, 4.69) is 9.34 Å². The molecule has 1 aliphatic carbocycles. The van der Waals surface area contributed by atoms with Gasteiger partial charge in [0.05, 0.1) is 45.7 Å². The minimum Gasteiger partial charge on any atom is -0.373 e. The largest absolute Gasteiger partial charge is 0.418 e. The second-order valence-electron chi connectivity index (χ2n) is 11.8. The number of halogens is 4. The summed E-state index contributed by atoms with van der Waals surface area (Å²) in [5.41, 5.74) is 0.633. The molecule has 3 heterocycles. The molecule has 0 amide bonds. The number of morpholine rings is 1. The maximum Gasteiger partial charge on any atom is 0.418 e. The number of amidine groups is 1. The van der Waals surface area contributed by atoms with Gasteiger partial charge in [0.2, 0.25) is 0 Å². The summed E-state index contributed by atoms with van der Waals surface area (Å²) in [6.45, 7) is 6.61. The molecule has 4 aromatic rings. The summed E-state index contributed by atoms with van der Waals surface area (Å²) in [5, 5.41) is 5.62. The quantitative estimate of drug-likeness (QED) is 0.165. The number of ether oxygens (including phenoxy) is 1. The number of hydrogen-bond acceptors (Lipinski definition) is 4. The Hall–Kier alpha value is -3.79. The smallest absolute Gasteiger partial charge is 0.373 e. The van der Waals surface area contributed by atoms with E-state index >= 15 is 4.39 Å². The molecular weight excluding hydrogens is 603 g/mol. The van der Waals surface area contributed by atoms with Crippen LogP contribution in [0, 0.1) is 12.7 Å². The molecule has 1 saturated heterocycles. The molecule has 1 saturated carbocycles. The number of hydrogen-bond donors (Lipinski definition) is 0. The Labute approximate surface area is 259 Å². The van der Waals surface area contributed by atoms with Crippen molar-refractivity contribution in [3.05, 3.63) is 102 Å². The van der Waals surface area contributed by atoms with E-state index in [1.165, 1.54) is 18.2 Å². The number of para-hydroxylation sites is 1. The van der Waals surface area contributed by atoms with Crippen LogP contribution in [0.3, 0.4) is 0 Å². The first-order valence-corrected chi connectivity index (χ1v) is 16.7. The van der Waals surface area contributed by atoms with Crippen LogP contribution >= 0.6 is 7.36 Å². The number of aliphatic imine (C=N–C) groups is 1. The van der Waals surface area contributed by atoms with Gasteiger partial charge in [-0.05, 0) is 70.0 Å². The van der Waals surface area contributed by atoms with E-state index in [9.17, 15) is 13.2 Å². The zero-order chi connectivity index (χ0) is 31.5. The van der Waals surface area contributed by atoms with Crippen molar-refractivity contribution in [2.24, 2.45) is 9.74 Å². The minimum atomic E-state index is -4.63. The molecule has 0 radical (unpaired) electrons. The summed E-state index contributed by atoms with van der Waals surface area (Å²) in [7, 11) is -3.40. The van der Waals surface area contributed by atoms with Gasteiger partial charge in [0.25, 0.3) is 0 Å². The Morgan fingerprint density at radius 3 is 2.20 bits per heavy atom. The van der Waals surface area contributed by atoms with Gasteiger partial charge in [-0.1, -0.05) is 42.5 Å². The molecule has 0 spiro atoms. The fourth-order valence-electron chi connectivity index (χ4n) is 6.41. The lowest BCUT2D eigenvalue weighted by molar-refractivity contribution is -0.137. The molecule has 0 bridgehead atoms. The van der Waals surface area contributed by atoms with Gasteiger partial charge in [-0.25, -0.2) is 23.5 Å². The first-order valence-electron chi connectivity index (χ1n) is 15.1. The predicted molar refractivity (Wildman–Crippen MR) is 167 cm³/mol. The normalized spacial score (nSPS) is 23.9. The number of benzene rings is 3. The fraction of sp³-hybridized carbons (Fsp3) is 0.333. The van der Waals surface area contributed by atoms with Crippen molar-refractivity contribution in [2.75, 3.05) is 13.1 Å². The summed E-state index contributed by atoms with van der Waals surface area (Å²) in [6.07, 6.45) is -3.51. The Morgan fingerprint density at radius 1 is 0.889 bits per heavy atom. The van der Waals surface area contributed by atoms with Gasteiger partial charge in [0.1, 0.15) is 11.7 Å². The van der Waals surface area contributed by atoms with E-state index in [1.54, 1.807) is 28.9 Å². The van der Waals surface area contributed by atoms with Crippen LogP contribution in [-0.4, -0.2) is 56.3 Å². The van der Waals surface area contributed by atoms with Crippen LogP contribution in [0.25, 0.3) is 5.69 Å². The van der Waals surface area contributed by atoms with E-state index in [-0.39, 0.29) is 29.5 Å². The van der Waals surface area contributed by atoms with Gasteiger partial charge in [-0.15, -0.1) is 0 Å². The fourth-order valence-corrected chi connectivity index (χ4v) is 10.9. The number of nitrogens with zero attached hydrogens (tertiary/aromatic N) is 6. The number of alkyl halides is 3. The van der Waals surface area contributed by atoms with Gasteiger partial charge in [0.15, 0.2) is 13.2 Å². The highest BCUT2D eigenvalue weighted by atomic mass is 31.2. The van der Waals surface area contributed by atoms with Crippen LogP contribution in [0.15, 0.2) is 88.6 Å². The third-order valence-electron chi connectivity index (χ3n) is 8.29. The van der Waals surface area contributed by atoms with Gasteiger partial charge < -0.3 is 9.41 Å². The van der Waals surface area contributed by atoms with Gasteiger partial charge in [-0.3, -0.25) is 0 Å². The molecule has 3 atom stereocenters. The molecular formula is C33H33F4N6OP. The van der Waals surface area contributed by atoms with Crippen molar-refractivity contribution >= 4 is 30.0 Å².